The number of aryl methyl sites for hydroxylation is 2. The van der Waals surface area contributed by atoms with Crippen LogP contribution in [0, 0.1) is 0 Å². The van der Waals surface area contributed by atoms with Crippen molar-refractivity contribution in [2.75, 3.05) is 0 Å². The van der Waals surface area contributed by atoms with Crippen molar-refractivity contribution >= 4 is 0 Å². The van der Waals surface area contributed by atoms with Crippen molar-refractivity contribution in [3.63, 3.8) is 0 Å². The van der Waals surface area contributed by atoms with Gasteiger partial charge in [0, 0.05) is 6.54 Å². The molecule has 0 N–H and O–H groups in total. The van der Waals surface area contributed by atoms with E-state index in [-0.39, 0.29) is 0 Å². The molecule has 1 aromatic heterocycles. The van der Waals surface area contributed by atoms with Gasteiger partial charge in [-0.25, -0.2) is 4.68 Å². The normalized spacial score (nSPS) is 9.16. The number of hydrogen-bond acceptors (Lipinski definition) is 2. The second-order valence-corrected chi connectivity index (χ2v) is 4.11. The molecule has 0 atom stereocenters. The third-order valence-electron chi connectivity index (χ3n) is 2.67. The van der Waals surface area contributed by atoms with Crippen molar-refractivity contribution in [1.29, 1.82) is 0 Å². The largest absolute Gasteiger partial charge is 0.249 e. The number of unbranched alkanes of at least 4 members (excludes halogenated alkanes) is 4. The summed E-state index contributed by atoms with van der Waals surface area (Å²) in [6.45, 7) is 13.4. The molecular formula is C16H35N3. The third kappa shape index (κ3) is 10.7. The number of aromatic nitrogens is 3. The lowest BCUT2D eigenvalue weighted by atomic mass is 10.1. The zero-order valence-corrected chi connectivity index (χ0v) is 14.1. The molecule has 0 aliphatic rings. The van der Waals surface area contributed by atoms with E-state index in [0.717, 1.165) is 19.4 Å². The molecule has 3 heteroatoms. The van der Waals surface area contributed by atoms with Crippen molar-refractivity contribution in [3.8, 4) is 0 Å². The summed E-state index contributed by atoms with van der Waals surface area (Å²) in [6, 6.07) is 0. The van der Waals surface area contributed by atoms with E-state index in [1.54, 1.807) is 0 Å². The Hall–Kier alpha value is -0.860. The van der Waals surface area contributed by atoms with Gasteiger partial charge in [0.1, 0.15) is 0 Å². The van der Waals surface area contributed by atoms with Crippen molar-refractivity contribution in [3.05, 3.63) is 11.9 Å². The standard InChI is InChI=1S/C12H23N3.2C2H6/c1-3-5-6-7-8-9-12-11-13-14-15(12)10-4-2;2*1-2/h11H,3-10H2,1-2H3;2*1-2H3. The summed E-state index contributed by atoms with van der Waals surface area (Å²) in [7, 11) is 0. The maximum absolute atomic E-state index is 4.09. The molecule has 0 aromatic carbocycles. The van der Waals surface area contributed by atoms with E-state index in [0.29, 0.717) is 0 Å². The summed E-state index contributed by atoms with van der Waals surface area (Å²) in [5.41, 5.74) is 1.30. The van der Waals surface area contributed by atoms with Gasteiger partial charge in [0.05, 0.1) is 11.9 Å². The van der Waals surface area contributed by atoms with Gasteiger partial charge < -0.3 is 0 Å². The van der Waals surface area contributed by atoms with Gasteiger partial charge in [-0.1, -0.05) is 72.4 Å². The molecule has 0 radical (unpaired) electrons. The molecular weight excluding hydrogens is 234 g/mol. The quantitative estimate of drug-likeness (QED) is 0.603. The van der Waals surface area contributed by atoms with Crippen molar-refractivity contribution in [2.45, 2.75) is 93.0 Å². The topological polar surface area (TPSA) is 30.7 Å². The van der Waals surface area contributed by atoms with Gasteiger partial charge >= 0.3 is 0 Å². The lowest BCUT2D eigenvalue weighted by Gasteiger charge is -2.04. The van der Waals surface area contributed by atoms with Crippen LogP contribution in [0.5, 0.6) is 0 Å². The number of hydrogen-bond donors (Lipinski definition) is 0. The van der Waals surface area contributed by atoms with Crippen LogP contribution < -0.4 is 0 Å². The predicted octanol–water partition coefficient (Wildman–Crippen LogP) is 5.25. The maximum Gasteiger partial charge on any atom is 0.0725 e. The van der Waals surface area contributed by atoms with E-state index in [1.165, 1.54) is 37.8 Å². The molecule has 0 unspecified atom stereocenters. The summed E-state index contributed by atoms with van der Waals surface area (Å²) < 4.78 is 2.04. The molecule has 0 amide bonds. The Kier molecular flexibility index (Phi) is 18.5. The monoisotopic (exact) mass is 269 g/mol. The Bertz CT molecular complexity index is 256. The van der Waals surface area contributed by atoms with Gasteiger partial charge in [-0.3, -0.25) is 0 Å². The summed E-state index contributed by atoms with van der Waals surface area (Å²) >= 11 is 0. The molecule has 1 heterocycles. The fraction of sp³-hybridized carbons (Fsp3) is 0.875. The molecule has 0 bridgehead atoms. The van der Waals surface area contributed by atoms with Gasteiger partial charge in [-0.15, -0.1) is 5.10 Å². The fourth-order valence-electron chi connectivity index (χ4n) is 1.78. The van der Waals surface area contributed by atoms with E-state index < -0.39 is 0 Å². The highest BCUT2D eigenvalue weighted by Gasteiger charge is 2.01. The Morgan fingerprint density at radius 3 is 2.11 bits per heavy atom. The highest BCUT2D eigenvalue weighted by molar-refractivity contribution is 4.93. The van der Waals surface area contributed by atoms with Crippen LogP contribution in [0.15, 0.2) is 6.20 Å². The van der Waals surface area contributed by atoms with Crippen LogP contribution >= 0.6 is 0 Å². The highest BCUT2D eigenvalue weighted by atomic mass is 15.4. The third-order valence-corrected chi connectivity index (χ3v) is 2.67. The zero-order chi connectivity index (χ0) is 14.9. The average Bonchev–Trinajstić information content (AvgIpc) is 2.91. The molecule has 19 heavy (non-hydrogen) atoms. The molecule has 1 aromatic rings. The van der Waals surface area contributed by atoms with E-state index in [1.807, 2.05) is 38.6 Å². The molecule has 0 saturated carbocycles. The van der Waals surface area contributed by atoms with E-state index in [9.17, 15) is 0 Å². The van der Waals surface area contributed by atoms with Gasteiger partial charge in [-0.05, 0) is 19.3 Å². The molecule has 0 spiro atoms. The molecule has 0 saturated heterocycles. The molecule has 3 nitrogen and oxygen atoms in total. The van der Waals surface area contributed by atoms with Crippen LogP contribution in [0.1, 0.15) is 85.8 Å². The summed E-state index contributed by atoms with van der Waals surface area (Å²) in [6.07, 6.45) is 10.8. The SMILES string of the molecule is CC.CC.CCCCCCCc1cnnn1CCC. The van der Waals surface area contributed by atoms with Crippen LogP contribution in [-0.2, 0) is 13.0 Å². The summed E-state index contributed by atoms with van der Waals surface area (Å²) in [4.78, 5) is 0. The molecule has 0 aliphatic heterocycles. The van der Waals surface area contributed by atoms with Gasteiger partial charge in [0.15, 0.2) is 0 Å². The van der Waals surface area contributed by atoms with Crippen molar-refractivity contribution < 1.29 is 0 Å². The Morgan fingerprint density at radius 1 is 0.895 bits per heavy atom. The zero-order valence-electron chi connectivity index (χ0n) is 14.1. The van der Waals surface area contributed by atoms with Crippen LogP contribution in [0.3, 0.4) is 0 Å². The van der Waals surface area contributed by atoms with Gasteiger partial charge in [0.2, 0.25) is 0 Å². The first kappa shape index (κ1) is 20.5. The van der Waals surface area contributed by atoms with Gasteiger partial charge in [0.25, 0.3) is 0 Å². The first-order valence-corrected chi connectivity index (χ1v) is 8.25. The Balaban J connectivity index is 0. The first-order valence-electron chi connectivity index (χ1n) is 8.25. The highest BCUT2D eigenvalue weighted by Crippen LogP contribution is 2.08. The second kappa shape index (κ2) is 17.1. The van der Waals surface area contributed by atoms with Crippen LogP contribution in [0.4, 0.5) is 0 Å². The minimum Gasteiger partial charge on any atom is -0.249 e. The van der Waals surface area contributed by atoms with Crippen LogP contribution in [-0.4, -0.2) is 15.0 Å². The maximum atomic E-state index is 4.09. The Morgan fingerprint density at radius 2 is 1.53 bits per heavy atom. The predicted molar refractivity (Wildman–Crippen MR) is 85.5 cm³/mol. The number of rotatable bonds is 8. The van der Waals surface area contributed by atoms with E-state index in [4.69, 9.17) is 0 Å². The van der Waals surface area contributed by atoms with Crippen molar-refractivity contribution in [2.24, 2.45) is 0 Å². The molecule has 0 aliphatic carbocycles. The fourth-order valence-corrected chi connectivity index (χ4v) is 1.78. The summed E-state index contributed by atoms with van der Waals surface area (Å²) in [5.74, 6) is 0. The van der Waals surface area contributed by atoms with E-state index in [2.05, 4.69) is 24.2 Å². The molecule has 114 valence electrons. The lowest BCUT2D eigenvalue weighted by Crippen LogP contribution is -2.04. The minimum absolute atomic E-state index is 1.00. The van der Waals surface area contributed by atoms with Crippen LogP contribution in [0.25, 0.3) is 0 Å². The van der Waals surface area contributed by atoms with Crippen molar-refractivity contribution in [1.82, 2.24) is 15.0 Å². The summed E-state index contributed by atoms with van der Waals surface area (Å²) in [5, 5.41) is 8.06. The molecule has 0 fully saturated rings. The second-order valence-electron chi connectivity index (χ2n) is 4.11. The minimum atomic E-state index is 1.00. The van der Waals surface area contributed by atoms with E-state index >= 15 is 0 Å². The lowest BCUT2D eigenvalue weighted by molar-refractivity contribution is 0.541. The van der Waals surface area contributed by atoms with Crippen LogP contribution in [0.2, 0.25) is 0 Å². The Labute approximate surface area is 120 Å². The number of nitrogens with zero attached hydrogens (tertiary/aromatic N) is 3. The molecule has 1 rings (SSSR count). The average molecular weight is 269 g/mol. The van der Waals surface area contributed by atoms with Gasteiger partial charge in [-0.2, -0.15) is 0 Å². The smallest absolute Gasteiger partial charge is 0.0725 e. The first-order chi connectivity index (χ1) is 9.38.